The van der Waals surface area contributed by atoms with Crippen molar-refractivity contribution in [2.45, 2.75) is 26.5 Å². The Morgan fingerprint density at radius 2 is 2.24 bits per heavy atom. The minimum Gasteiger partial charge on any atom is -0.497 e. The van der Waals surface area contributed by atoms with E-state index in [0.29, 0.717) is 0 Å². The molecular formula is C13H17NO3. The van der Waals surface area contributed by atoms with Crippen LogP contribution in [0.15, 0.2) is 18.2 Å². The summed E-state index contributed by atoms with van der Waals surface area (Å²) in [7, 11) is 1.62. The van der Waals surface area contributed by atoms with Gasteiger partial charge in [0.15, 0.2) is 0 Å². The van der Waals surface area contributed by atoms with Crippen LogP contribution in [-0.4, -0.2) is 24.4 Å². The molecule has 1 N–H and O–H groups in total. The molecule has 1 aliphatic heterocycles. The number of aliphatic hydroxyl groups excluding tert-OH is 1. The molecule has 1 aromatic carbocycles. The summed E-state index contributed by atoms with van der Waals surface area (Å²) in [5.74, 6) is 0.657. The molecule has 1 heterocycles. The minimum atomic E-state index is -0.742. The molecule has 4 nitrogen and oxygen atoms in total. The lowest BCUT2D eigenvalue weighted by molar-refractivity contribution is -0.119. The van der Waals surface area contributed by atoms with Gasteiger partial charge in [-0.1, -0.05) is 6.92 Å². The third-order valence-corrected chi connectivity index (χ3v) is 3.20. The highest BCUT2D eigenvalue weighted by Gasteiger charge is 2.32. The number of benzene rings is 1. The van der Waals surface area contributed by atoms with Crippen LogP contribution < -0.4 is 9.64 Å². The summed E-state index contributed by atoms with van der Waals surface area (Å²) in [6, 6.07) is 5.55. The third-order valence-electron chi connectivity index (χ3n) is 3.20. The van der Waals surface area contributed by atoms with E-state index >= 15 is 0 Å². The zero-order valence-corrected chi connectivity index (χ0v) is 10.3. The minimum absolute atomic E-state index is 0.0264. The Morgan fingerprint density at radius 1 is 1.53 bits per heavy atom. The second kappa shape index (κ2) is 4.37. The van der Waals surface area contributed by atoms with Gasteiger partial charge in [0.2, 0.25) is 5.91 Å². The fourth-order valence-corrected chi connectivity index (χ4v) is 2.29. The SMILES string of the molecule is COc1ccc2c(c1)CC(C)C(O)N2C(C)=O. The number of carbonyl (C=O) groups is 1. The van der Waals surface area contributed by atoms with E-state index < -0.39 is 6.23 Å². The van der Waals surface area contributed by atoms with Crippen molar-refractivity contribution in [1.29, 1.82) is 0 Å². The van der Waals surface area contributed by atoms with Gasteiger partial charge < -0.3 is 9.84 Å². The van der Waals surface area contributed by atoms with Gasteiger partial charge in [0.05, 0.1) is 7.11 Å². The van der Waals surface area contributed by atoms with Gasteiger partial charge in [0, 0.05) is 18.5 Å². The molecule has 0 saturated heterocycles. The Bertz CT molecular complexity index is 444. The fraction of sp³-hybridized carbons (Fsp3) is 0.462. The molecule has 4 heteroatoms. The first-order chi connectivity index (χ1) is 8.04. The van der Waals surface area contributed by atoms with Gasteiger partial charge >= 0.3 is 0 Å². The normalized spacial score (nSPS) is 23.2. The van der Waals surface area contributed by atoms with Crippen LogP contribution in [0.1, 0.15) is 19.4 Å². The zero-order chi connectivity index (χ0) is 12.6. The predicted molar refractivity (Wildman–Crippen MR) is 65.0 cm³/mol. The van der Waals surface area contributed by atoms with E-state index in [1.807, 2.05) is 19.1 Å². The molecule has 0 bridgehead atoms. The highest BCUT2D eigenvalue weighted by molar-refractivity contribution is 5.93. The van der Waals surface area contributed by atoms with Crippen LogP contribution in [0, 0.1) is 5.92 Å². The number of nitrogens with zero attached hydrogens (tertiary/aromatic N) is 1. The first-order valence-electron chi connectivity index (χ1n) is 5.69. The van der Waals surface area contributed by atoms with Gasteiger partial charge in [-0.15, -0.1) is 0 Å². The standard InChI is InChI=1S/C13H17NO3/c1-8-6-10-7-11(17-3)4-5-12(10)14(9(2)15)13(8)16/h4-5,7-8,13,16H,6H2,1-3H3. The molecule has 1 amide bonds. The average molecular weight is 235 g/mol. The molecule has 1 aliphatic rings. The Balaban J connectivity index is 2.49. The zero-order valence-electron chi connectivity index (χ0n) is 10.3. The van der Waals surface area contributed by atoms with Crippen molar-refractivity contribution < 1.29 is 14.6 Å². The maximum atomic E-state index is 11.6. The van der Waals surface area contributed by atoms with Crippen LogP contribution in [0.2, 0.25) is 0 Å². The number of hydrogen-bond donors (Lipinski definition) is 1. The Hall–Kier alpha value is -1.55. The van der Waals surface area contributed by atoms with E-state index in [1.54, 1.807) is 13.2 Å². The van der Waals surface area contributed by atoms with Crippen molar-refractivity contribution in [2.24, 2.45) is 5.92 Å². The summed E-state index contributed by atoms with van der Waals surface area (Å²) >= 11 is 0. The van der Waals surface area contributed by atoms with E-state index in [0.717, 1.165) is 23.4 Å². The van der Waals surface area contributed by atoms with Gasteiger partial charge in [0.1, 0.15) is 12.0 Å². The summed E-state index contributed by atoms with van der Waals surface area (Å²) in [6.07, 6.45) is 0.00527. The van der Waals surface area contributed by atoms with Crippen molar-refractivity contribution in [3.63, 3.8) is 0 Å². The number of fused-ring (bicyclic) bond motifs is 1. The summed E-state index contributed by atoms with van der Waals surface area (Å²) in [5.41, 5.74) is 1.82. The fourth-order valence-electron chi connectivity index (χ4n) is 2.29. The second-order valence-electron chi connectivity index (χ2n) is 4.48. The first-order valence-corrected chi connectivity index (χ1v) is 5.69. The largest absolute Gasteiger partial charge is 0.497 e. The quantitative estimate of drug-likeness (QED) is 0.803. The van der Waals surface area contributed by atoms with Crippen LogP contribution in [0.5, 0.6) is 5.75 Å². The van der Waals surface area contributed by atoms with Gasteiger partial charge in [-0.05, 0) is 30.2 Å². The van der Waals surface area contributed by atoms with Crippen LogP contribution in [0.25, 0.3) is 0 Å². The summed E-state index contributed by atoms with van der Waals surface area (Å²) in [5, 5.41) is 10.1. The van der Waals surface area contributed by atoms with Gasteiger partial charge in [-0.25, -0.2) is 0 Å². The van der Waals surface area contributed by atoms with Gasteiger partial charge in [-0.3, -0.25) is 9.69 Å². The molecule has 2 rings (SSSR count). The molecule has 0 aliphatic carbocycles. The van der Waals surface area contributed by atoms with Crippen molar-refractivity contribution in [3.05, 3.63) is 23.8 Å². The van der Waals surface area contributed by atoms with Crippen molar-refractivity contribution in [2.75, 3.05) is 12.0 Å². The lowest BCUT2D eigenvalue weighted by Crippen LogP contribution is -2.47. The molecule has 0 spiro atoms. The number of ether oxygens (including phenoxy) is 1. The van der Waals surface area contributed by atoms with Crippen LogP contribution >= 0.6 is 0 Å². The predicted octanol–water partition coefficient (Wildman–Crippen LogP) is 1.56. The molecule has 17 heavy (non-hydrogen) atoms. The monoisotopic (exact) mass is 235 g/mol. The number of aliphatic hydroxyl groups is 1. The highest BCUT2D eigenvalue weighted by atomic mass is 16.5. The van der Waals surface area contributed by atoms with Crippen molar-refractivity contribution >= 4 is 11.6 Å². The Kier molecular flexibility index (Phi) is 3.07. The van der Waals surface area contributed by atoms with Gasteiger partial charge in [0.25, 0.3) is 0 Å². The molecule has 1 aromatic rings. The summed E-state index contributed by atoms with van der Waals surface area (Å²) in [4.78, 5) is 13.1. The van der Waals surface area contributed by atoms with E-state index in [1.165, 1.54) is 11.8 Å². The Labute approximate surface area is 101 Å². The van der Waals surface area contributed by atoms with Crippen molar-refractivity contribution in [3.8, 4) is 5.75 Å². The molecule has 0 aromatic heterocycles. The summed E-state index contributed by atoms with van der Waals surface area (Å²) < 4.78 is 5.17. The van der Waals surface area contributed by atoms with E-state index in [2.05, 4.69) is 0 Å². The maximum absolute atomic E-state index is 11.6. The first kappa shape index (κ1) is 11.9. The number of amides is 1. The van der Waals surface area contributed by atoms with Crippen LogP contribution in [0.4, 0.5) is 5.69 Å². The molecule has 0 radical (unpaired) electrons. The van der Waals surface area contributed by atoms with E-state index in [9.17, 15) is 9.90 Å². The third kappa shape index (κ3) is 2.00. The molecule has 0 saturated carbocycles. The molecular weight excluding hydrogens is 218 g/mol. The van der Waals surface area contributed by atoms with E-state index in [4.69, 9.17) is 4.74 Å². The second-order valence-corrected chi connectivity index (χ2v) is 4.48. The lowest BCUT2D eigenvalue weighted by Gasteiger charge is -2.37. The smallest absolute Gasteiger partial charge is 0.225 e. The lowest BCUT2D eigenvalue weighted by atomic mass is 9.92. The number of methoxy groups -OCH3 is 1. The van der Waals surface area contributed by atoms with E-state index in [-0.39, 0.29) is 11.8 Å². The number of carbonyl (C=O) groups excluding carboxylic acids is 1. The molecule has 2 atom stereocenters. The highest BCUT2D eigenvalue weighted by Crippen LogP contribution is 2.35. The Morgan fingerprint density at radius 3 is 2.82 bits per heavy atom. The number of hydrogen-bond acceptors (Lipinski definition) is 3. The average Bonchev–Trinajstić information content (AvgIpc) is 2.29. The topological polar surface area (TPSA) is 49.8 Å². The molecule has 0 fully saturated rings. The molecule has 92 valence electrons. The van der Waals surface area contributed by atoms with Crippen LogP contribution in [0.3, 0.4) is 0 Å². The molecule has 2 unspecified atom stereocenters. The maximum Gasteiger partial charge on any atom is 0.225 e. The number of rotatable bonds is 1. The van der Waals surface area contributed by atoms with Gasteiger partial charge in [-0.2, -0.15) is 0 Å². The van der Waals surface area contributed by atoms with Crippen LogP contribution in [-0.2, 0) is 11.2 Å². The summed E-state index contributed by atoms with van der Waals surface area (Å²) in [6.45, 7) is 3.40. The number of anilines is 1. The van der Waals surface area contributed by atoms with Crippen molar-refractivity contribution in [1.82, 2.24) is 0 Å².